The summed E-state index contributed by atoms with van der Waals surface area (Å²) in [4.78, 5) is 43.0. The average Bonchev–Trinajstić information content (AvgIpc) is 3.39. The smallest absolute Gasteiger partial charge is 0.244 e. The van der Waals surface area contributed by atoms with E-state index in [1.807, 2.05) is 34.6 Å². The molecular formula is C26H36BrN3O5S. The van der Waals surface area contributed by atoms with Crippen LogP contribution in [-0.4, -0.2) is 73.9 Å². The molecule has 3 aliphatic rings. The molecule has 3 saturated heterocycles. The molecule has 3 fully saturated rings. The summed E-state index contributed by atoms with van der Waals surface area (Å²) in [6.07, 6.45) is 0.606. The first-order chi connectivity index (χ1) is 17.0. The lowest BCUT2D eigenvalue weighted by atomic mass is 9.70. The van der Waals surface area contributed by atoms with Gasteiger partial charge < -0.3 is 25.4 Å². The van der Waals surface area contributed by atoms with E-state index in [9.17, 15) is 19.5 Å². The number of aliphatic hydroxyl groups is 1. The molecule has 1 aromatic carbocycles. The van der Waals surface area contributed by atoms with Crippen LogP contribution in [0.4, 0.5) is 5.69 Å². The fourth-order valence-corrected chi connectivity index (χ4v) is 9.63. The van der Waals surface area contributed by atoms with Crippen LogP contribution in [0.5, 0.6) is 5.75 Å². The van der Waals surface area contributed by atoms with Crippen LogP contribution < -0.4 is 15.4 Å². The first-order valence-corrected chi connectivity index (χ1v) is 14.4. The molecule has 4 rings (SSSR count). The number of nitrogens with one attached hydrogen (secondary N) is 2. The van der Waals surface area contributed by atoms with Crippen molar-refractivity contribution < 1.29 is 24.2 Å². The van der Waals surface area contributed by atoms with E-state index in [1.165, 1.54) is 0 Å². The maximum absolute atomic E-state index is 14.1. The number of ether oxygens (including phenoxy) is 1. The number of anilines is 1. The van der Waals surface area contributed by atoms with Crippen molar-refractivity contribution in [3.8, 4) is 5.75 Å². The Kier molecular flexibility index (Phi) is 7.98. The lowest BCUT2D eigenvalue weighted by Crippen LogP contribution is -2.58. The van der Waals surface area contributed by atoms with Gasteiger partial charge in [-0.3, -0.25) is 14.4 Å². The molecule has 8 nitrogen and oxygen atoms in total. The quantitative estimate of drug-likeness (QED) is 0.387. The van der Waals surface area contributed by atoms with Crippen molar-refractivity contribution in [1.82, 2.24) is 10.2 Å². The first kappa shape index (κ1) is 27.3. The fraction of sp³-hybridized carbons (Fsp3) is 0.654. The van der Waals surface area contributed by atoms with Gasteiger partial charge in [-0.05, 0) is 57.4 Å². The van der Waals surface area contributed by atoms with Gasteiger partial charge in [0.1, 0.15) is 11.8 Å². The Morgan fingerprint density at radius 1 is 1.22 bits per heavy atom. The average molecular weight is 583 g/mol. The van der Waals surface area contributed by atoms with E-state index in [1.54, 1.807) is 40.9 Å². The highest BCUT2D eigenvalue weighted by molar-refractivity contribution is 9.09. The molecule has 7 atom stereocenters. The Hall–Kier alpha value is -1.78. The normalized spacial score (nSPS) is 31.6. The number of fused-ring (bicyclic) bond motifs is 1. The summed E-state index contributed by atoms with van der Waals surface area (Å²) in [7, 11) is 0. The van der Waals surface area contributed by atoms with E-state index >= 15 is 0 Å². The zero-order valence-corrected chi connectivity index (χ0v) is 23.8. The third kappa shape index (κ3) is 4.53. The number of halogens is 1. The molecule has 2 bridgehead atoms. The summed E-state index contributed by atoms with van der Waals surface area (Å²) in [6, 6.07) is 5.80. The number of rotatable bonds is 9. The number of benzene rings is 1. The van der Waals surface area contributed by atoms with Crippen LogP contribution in [0.2, 0.25) is 0 Å². The minimum absolute atomic E-state index is 0.0106. The highest BCUT2D eigenvalue weighted by Gasteiger charge is 2.76. The van der Waals surface area contributed by atoms with Crippen molar-refractivity contribution in [3.63, 3.8) is 0 Å². The summed E-state index contributed by atoms with van der Waals surface area (Å²) < 4.78 is 4.75. The van der Waals surface area contributed by atoms with Crippen LogP contribution in [0, 0.1) is 17.8 Å². The van der Waals surface area contributed by atoms with Crippen molar-refractivity contribution >= 4 is 51.1 Å². The highest BCUT2D eigenvalue weighted by atomic mass is 79.9. The van der Waals surface area contributed by atoms with Crippen molar-refractivity contribution in [2.45, 2.75) is 74.0 Å². The summed E-state index contributed by atoms with van der Waals surface area (Å²) in [5.41, 5.74) is 0.628. The number of amides is 3. The van der Waals surface area contributed by atoms with E-state index in [0.29, 0.717) is 18.7 Å². The number of hydrogen-bond donors (Lipinski definition) is 3. The standard InChI is InChI=1S/C26H36BrN3O5S/c1-6-35-16-9-7-15(8-10-16)29-23(32)19-20-25(34)30(18(12-31)13(2)3)22(24(33)28-14(4)5)26(20)11-17(27)21(19)36-26/h7-10,13-14,17-22,31H,6,11-12H2,1-5H3,(H,28,33)(H,29,32)/t17?,18-,19+,20-,21+,22?,26?/m0/s1. The predicted octanol–water partition coefficient (Wildman–Crippen LogP) is 3.03. The van der Waals surface area contributed by atoms with Crippen LogP contribution in [0.15, 0.2) is 24.3 Å². The maximum atomic E-state index is 14.1. The van der Waals surface area contributed by atoms with Gasteiger partial charge in [0.2, 0.25) is 17.7 Å². The van der Waals surface area contributed by atoms with Gasteiger partial charge in [0.05, 0.1) is 35.8 Å². The Morgan fingerprint density at radius 3 is 2.44 bits per heavy atom. The van der Waals surface area contributed by atoms with Crippen LogP contribution in [0.25, 0.3) is 0 Å². The lowest BCUT2D eigenvalue weighted by Gasteiger charge is -2.39. The topological polar surface area (TPSA) is 108 Å². The van der Waals surface area contributed by atoms with Crippen LogP contribution in [-0.2, 0) is 14.4 Å². The monoisotopic (exact) mass is 581 g/mol. The van der Waals surface area contributed by atoms with Crippen LogP contribution in [0.3, 0.4) is 0 Å². The summed E-state index contributed by atoms with van der Waals surface area (Å²) in [6.45, 7) is 9.87. The fourth-order valence-electron chi connectivity index (χ4n) is 6.03. The molecule has 3 unspecified atom stereocenters. The van der Waals surface area contributed by atoms with Gasteiger partial charge in [-0.1, -0.05) is 29.8 Å². The molecule has 0 aliphatic carbocycles. The van der Waals surface area contributed by atoms with Gasteiger partial charge in [0.25, 0.3) is 0 Å². The number of aliphatic hydroxyl groups excluding tert-OH is 1. The molecule has 3 N–H and O–H groups in total. The third-order valence-corrected chi connectivity index (χ3v) is 10.7. The minimum atomic E-state index is -0.754. The maximum Gasteiger partial charge on any atom is 0.244 e. The number of carbonyl (C=O) groups is 3. The number of alkyl halides is 1. The second-order valence-corrected chi connectivity index (χ2v) is 13.2. The van der Waals surface area contributed by atoms with Gasteiger partial charge in [-0.15, -0.1) is 11.8 Å². The second kappa shape index (κ2) is 10.5. The molecule has 3 heterocycles. The van der Waals surface area contributed by atoms with E-state index < -0.39 is 28.7 Å². The number of thioether (sulfide) groups is 1. The summed E-state index contributed by atoms with van der Waals surface area (Å²) in [5.74, 6) is -1.24. The molecule has 3 amide bonds. The molecule has 0 aromatic heterocycles. The second-order valence-electron chi connectivity index (χ2n) is 10.5. The third-order valence-electron chi connectivity index (χ3n) is 7.46. The molecule has 36 heavy (non-hydrogen) atoms. The molecule has 198 valence electrons. The van der Waals surface area contributed by atoms with Crippen molar-refractivity contribution in [2.75, 3.05) is 18.5 Å². The van der Waals surface area contributed by atoms with Gasteiger partial charge >= 0.3 is 0 Å². The number of likely N-dealkylation sites (tertiary alicyclic amines) is 1. The molecule has 0 saturated carbocycles. The molecular weight excluding hydrogens is 546 g/mol. The first-order valence-electron chi connectivity index (χ1n) is 12.6. The minimum Gasteiger partial charge on any atom is -0.494 e. The zero-order valence-electron chi connectivity index (χ0n) is 21.4. The Morgan fingerprint density at radius 2 is 1.89 bits per heavy atom. The molecule has 3 aliphatic heterocycles. The molecule has 0 radical (unpaired) electrons. The van der Waals surface area contributed by atoms with Crippen molar-refractivity contribution in [3.05, 3.63) is 24.3 Å². The summed E-state index contributed by atoms with van der Waals surface area (Å²) in [5, 5.41) is 16.1. The number of carbonyl (C=O) groups excluding carboxylic acids is 3. The van der Waals surface area contributed by atoms with E-state index in [4.69, 9.17) is 4.74 Å². The number of nitrogens with zero attached hydrogens (tertiary/aromatic N) is 1. The van der Waals surface area contributed by atoms with E-state index in [-0.39, 0.29) is 46.4 Å². The molecule has 10 heteroatoms. The zero-order chi connectivity index (χ0) is 26.4. The van der Waals surface area contributed by atoms with Gasteiger partial charge in [0, 0.05) is 21.8 Å². The van der Waals surface area contributed by atoms with Crippen LogP contribution >= 0.6 is 27.7 Å². The molecule has 1 aromatic rings. The largest absolute Gasteiger partial charge is 0.494 e. The van der Waals surface area contributed by atoms with Gasteiger partial charge in [0.15, 0.2) is 0 Å². The summed E-state index contributed by atoms with van der Waals surface area (Å²) >= 11 is 5.36. The van der Waals surface area contributed by atoms with E-state index in [0.717, 1.165) is 5.75 Å². The van der Waals surface area contributed by atoms with Gasteiger partial charge in [-0.25, -0.2) is 0 Å². The Balaban J connectivity index is 1.69. The molecule has 1 spiro atoms. The van der Waals surface area contributed by atoms with Crippen molar-refractivity contribution in [1.29, 1.82) is 0 Å². The Bertz CT molecular complexity index is 1010. The van der Waals surface area contributed by atoms with Gasteiger partial charge in [-0.2, -0.15) is 0 Å². The predicted molar refractivity (Wildman–Crippen MR) is 144 cm³/mol. The SMILES string of the molecule is CCOc1ccc(NC(=O)[C@H]2[C@@H]3SC4(CC3Br)C(C(=O)NC(C)C)N([C@@H](CO)C(C)C)C(=O)[C@H]24)cc1. The number of hydrogen-bond acceptors (Lipinski definition) is 6. The lowest BCUT2D eigenvalue weighted by molar-refractivity contribution is -0.143. The van der Waals surface area contributed by atoms with Crippen molar-refractivity contribution in [2.24, 2.45) is 17.8 Å². The van der Waals surface area contributed by atoms with Crippen LogP contribution in [0.1, 0.15) is 41.0 Å². The Labute approximate surface area is 225 Å². The van der Waals surface area contributed by atoms with E-state index in [2.05, 4.69) is 26.6 Å². The highest BCUT2D eigenvalue weighted by Crippen LogP contribution is 2.68.